The molecule has 1 N–H and O–H groups in total. The van der Waals surface area contributed by atoms with E-state index in [9.17, 15) is 4.79 Å². The second-order valence-electron chi connectivity index (χ2n) is 6.70. The number of nitrogens with one attached hydrogen (secondary N) is 1. The summed E-state index contributed by atoms with van der Waals surface area (Å²) in [6.07, 6.45) is 3.12. The minimum absolute atomic E-state index is 0.0698. The van der Waals surface area contributed by atoms with Gasteiger partial charge in [0.1, 0.15) is 6.61 Å². The molecule has 1 aliphatic rings. The van der Waals surface area contributed by atoms with Gasteiger partial charge in [0.25, 0.3) is 0 Å². The number of hydrogen-bond donors (Lipinski definition) is 1. The van der Waals surface area contributed by atoms with Crippen LogP contribution in [0.5, 0.6) is 11.5 Å². The third kappa shape index (κ3) is 5.34. The normalized spacial score (nSPS) is 18.2. The number of likely N-dealkylation sites (tertiary alicyclic amines) is 1. The van der Waals surface area contributed by atoms with Crippen LogP contribution in [0.25, 0.3) is 0 Å². The van der Waals surface area contributed by atoms with Crippen molar-refractivity contribution < 1.29 is 14.3 Å². The van der Waals surface area contributed by atoms with Gasteiger partial charge in [-0.15, -0.1) is 0 Å². The first-order valence-corrected chi connectivity index (χ1v) is 8.96. The van der Waals surface area contributed by atoms with Crippen LogP contribution in [0.1, 0.15) is 24.8 Å². The lowest BCUT2D eigenvalue weighted by Gasteiger charge is -2.34. The number of ether oxygens (including phenoxy) is 2. The second kappa shape index (κ2) is 9.63. The first-order chi connectivity index (χ1) is 12.1. The molecule has 1 aromatic carbocycles. The van der Waals surface area contributed by atoms with E-state index in [0.29, 0.717) is 13.2 Å². The number of amides is 1. The zero-order valence-corrected chi connectivity index (χ0v) is 15.9. The van der Waals surface area contributed by atoms with Crippen molar-refractivity contribution in [1.29, 1.82) is 0 Å². The number of rotatable bonds is 8. The highest BCUT2D eigenvalue weighted by Crippen LogP contribution is 2.33. The lowest BCUT2D eigenvalue weighted by molar-refractivity contribution is -0.127. The van der Waals surface area contributed by atoms with Gasteiger partial charge in [-0.05, 0) is 39.5 Å². The fourth-order valence-electron chi connectivity index (χ4n) is 3.20. The number of likely N-dealkylation sites (N-methyl/N-ethyl adjacent to an activating group) is 2. The maximum Gasteiger partial charge on any atom is 0.237 e. The molecule has 6 heteroatoms. The Hall–Kier alpha value is -1.79. The molecule has 1 aliphatic heterocycles. The van der Waals surface area contributed by atoms with Crippen LogP contribution in [0.15, 0.2) is 18.2 Å². The first kappa shape index (κ1) is 19.5. The maximum absolute atomic E-state index is 12.2. The predicted octanol–water partition coefficient (Wildman–Crippen LogP) is 1.74. The van der Waals surface area contributed by atoms with Gasteiger partial charge in [-0.1, -0.05) is 18.6 Å². The number of methoxy groups -OCH3 is 1. The topological polar surface area (TPSA) is 54.0 Å². The number of carbonyl (C=O) groups excluding carboxylic acids is 1. The van der Waals surface area contributed by atoms with Crippen molar-refractivity contribution in [1.82, 2.24) is 15.1 Å². The van der Waals surface area contributed by atoms with Gasteiger partial charge in [-0.3, -0.25) is 9.69 Å². The largest absolute Gasteiger partial charge is 0.493 e. The third-order valence-electron chi connectivity index (χ3n) is 4.60. The zero-order valence-electron chi connectivity index (χ0n) is 15.9. The molecule has 0 spiro atoms. The Kier molecular flexibility index (Phi) is 7.52. The average Bonchev–Trinajstić information content (AvgIpc) is 2.62. The molecule has 0 aromatic heterocycles. The quantitative estimate of drug-likeness (QED) is 0.775. The summed E-state index contributed by atoms with van der Waals surface area (Å²) in [5.74, 6) is 1.62. The fraction of sp³-hybridized carbons (Fsp3) is 0.632. The Morgan fingerprint density at radius 3 is 2.84 bits per heavy atom. The van der Waals surface area contributed by atoms with Crippen molar-refractivity contribution in [3.8, 4) is 11.5 Å². The van der Waals surface area contributed by atoms with E-state index in [1.807, 2.05) is 26.2 Å². The van der Waals surface area contributed by atoms with Gasteiger partial charge in [0, 0.05) is 25.7 Å². The van der Waals surface area contributed by atoms with Crippen LogP contribution in [0, 0.1) is 0 Å². The van der Waals surface area contributed by atoms with E-state index in [1.54, 1.807) is 14.2 Å². The number of nitrogens with zero attached hydrogens (tertiary/aromatic N) is 2. The molecule has 25 heavy (non-hydrogen) atoms. The summed E-state index contributed by atoms with van der Waals surface area (Å²) >= 11 is 0. The minimum Gasteiger partial charge on any atom is -0.493 e. The Bertz CT molecular complexity index is 563. The molecule has 140 valence electrons. The summed E-state index contributed by atoms with van der Waals surface area (Å²) in [6.45, 7) is 3.04. The van der Waals surface area contributed by atoms with Gasteiger partial charge in [-0.25, -0.2) is 0 Å². The summed E-state index contributed by atoms with van der Waals surface area (Å²) in [7, 11) is 7.41. The molecule has 2 rings (SSSR count). The summed E-state index contributed by atoms with van der Waals surface area (Å²) in [6, 6.07) is 5.88. The van der Waals surface area contributed by atoms with Crippen molar-refractivity contribution in [3.63, 3.8) is 0 Å². The highest BCUT2D eigenvalue weighted by atomic mass is 16.5. The summed E-state index contributed by atoms with van der Waals surface area (Å²) < 4.78 is 11.5. The van der Waals surface area contributed by atoms with Gasteiger partial charge >= 0.3 is 0 Å². The number of hydrogen-bond acceptors (Lipinski definition) is 5. The van der Waals surface area contributed by atoms with Crippen LogP contribution in [0.4, 0.5) is 0 Å². The SMILES string of the molecule is CNC(=O)C1CCCCN1Cc1cccc(OC)c1OCCN(C)C. The smallest absolute Gasteiger partial charge is 0.237 e. The molecule has 1 saturated heterocycles. The molecule has 1 heterocycles. The first-order valence-electron chi connectivity index (χ1n) is 8.96. The van der Waals surface area contributed by atoms with E-state index in [4.69, 9.17) is 9.47 Å². The van der Waals surface area contributed by atoms with E-state index in [-0.39, 0.29) is 11.9 Å². The monoisotopic (exact) mass is 349 g/mol. The highest BCUT2D eigenvalue weighted by Gasteiger charge is 2.28. The number of piperidine rings is 1. The molecule has 1 unspecified atom stereocenters. The Morgan fingerprint density at radius 1 is 1.36 bits per heavy atom. The number of carbonyl (C=O) groups is 1. The van der Waals surface area contributed by atoms with E-state index in [0.717, 1.165) is 49.4 Å². The van der Waals surface area contributed by atoms with E-state index < -0.39 is 0 Å². The van der Waals surface area contributed by atoms with E-state index >= 15 is 0 Å². The summed E-state index contributed by atoms with van der Waals surface area (Å²) in [5, 5.41) is 2.79. The standard InChI is InChI=1S/C19H31N3O3/c1-20-19(23)16-9-5-6-11-22(16)14-15-8-7-10-17(24-4)18(15)25-13-12-21(2)3/h7-8,10,16H,5-6,9,11-14H2,1-4H3,(H,20,23). The van der Waals surface area contributed by atoms with Crippen molar-refractivity contribution in [2.45, 2.75) is 31.8 Å². The number of benzene rings is 1. The van der Waals surface area contributed by atoms with Crippen LogP contribution < -0.4 is 14.8 Å². The van der Waals surface area contributed by atoms with Crippen LogP contribution in [0.3, 0.4) is 0 Å². The van der Waals surface area contributed by atoms with Crippen molar-refractivity contribution in [2.75, 3.05) is 47.9 Å². The number of para-hydroxylation sites is 1. The molecule has 1 aromatic rings. The average molecular weight is 349 g/mol. The van der Waals surface area contributed by atoms with Crippen LogP contribution >= 0.6 is 0 Å². The lowest BCUT2D eigenvalue weighted by Crippen LogP contribution is -2.48. The fourth-order valence-corrected chi connectivity index (χ4v) is 3.20. The molecule has 1 amide bonds. The lowest BCUT2D eigenvalue weighted by atomic mass is 10.00. The molecule has 0 aliphatic carbocycles. The molecule has 1 fully saturated rings. The van der Waals surface area contributed by atoms with Gasteiger partial charge < -0.3 is 19.7 Å². The Morgan fingerprint density at radius 2 is 2.16 bits per heavy atom. The minimum atomic E-state index is -0.0698. The van der Waals surface area contributed by atoms with Crippen molar-refractivity contribution in [3.05, 3.63) is 23.8 Å². The van der Waals surface area contributed by atoms with Crippen molar-refractivity contribution >= 4 is 5.91 Å². The van der Waals surface area contributed by atoms with Crippen LogP contribution in [0.2, 0.25) is 0 Å². The summed E-state index contributed by atoms with van der Waals surface area (Å²) in [4.78, 5) is 16.5. The van der Waals surface area contributed by atoms with Gasteiger partial charge in [0.05, 0.1) is 13.2 Å². The molecule has 0 bridgehead atoms. The molecule has 0 saturated carbocycles. The predicted molar refractivity (Wildman–Crippen MR) is 99.2 cm³/mol. The van der Waals surface area contributed by atoms with Crippen molar-refractivity contribution in [2.24, 2.45) is 0 Å². The molecular formula is C19H31N3O3. The van der Waals surface area contributed by atoms with Gasteiger partial charge in [0.2, 0.25) is 5.91 Å². The molecular weight excluding hydrogens is 318 g/mol. The van der Waals surface area contributed by atoms with E-state index in [1.165, 1.54) is 0 Å². The molecule has 6 nitrogen and oxygen atoms in total. The second-order valence-corrected chi connectivity index (χ2v) is 6.70. The molecule has 0 radical (unpaired) electrons. The Labute approximate surface area is 151 Å². The van der Waals surface area contributed by atoms with Crippen LogP contribution in [-0.4, -0.2) is 69.7 Å². The zero-order chi connectivity index (χ0) is 18.2. The summed E-state index contributed by atoms with van der Waals surface area (Å²) in [5.41, 5.74) is 1.06. The molecule has 1 atom stereocenters. The van der Waals surface area contributed by atoms with Gasteiger partial charge in [-0.2, -0.15) is 0 Å². The Balaban J connectivity index is 2.17. The maximum atomic E-state index is 12.2. The van der Waals surface area contributed by atoms with E-state index in [2.05, 4.69) is 21.2 Å². The highest BCUT2D eigenvalue weighted by molar-refractivity contribution is 5.81. The van der Waals surface area contributed by atoms with Gasteiger partial charge in [0.15, 0.2) is 11.5 Å². The van der Waals surface area contributed by atoms with Crippen LogP contribution in [-0.2, 0) is 11.3 Å². The third-order valence-corrected chi connectivity index (χ3v) is 4.60.